The summed E-state index contributed by atoms with van der Waals surface area (Å²) >= 11 is 5.77. The molecule has 0 spiro atoms. The fourth-order valence-electron chi connectivity index (χ4n) is 1.76. The molecule has 0 aliphatic carbocycles. The number of amides is 2. The molecule has 1 heterocycles. The number of carboxylic acid groups (broad SMARTS) is 1. The molecule has 1 aliphatic rings. The lowest BCUT2D eigenvalue weighted by Crippen LogP contribution is -2.49. The summed E-state index contributed by atoms with van der Waals surface area (Å²) in [6.07, 6.45) is 1.80. The van der Waals surface area contributed by atoms with E-state index >= 15 is 0 Å². The zero-order valence-corrected chi connectivity index (χ0v) is 10.1. The van der Waals surface area contributed by atoms with Gasteiger partial charge in [0.2, 0.25) is 5.91 Å². The molecule has 0 aromatic heterocycles. The summed E-state index contributed by atoms with van der Waals surface area (Å²) in [6, 6.07) is 6.20. The van der Waals surface area contributed by atoms with Gasteiger partial charge in [-0.3, -0.25) is 9.69 Å². The topological polar surface area (TPSA) is 69.6 Å². The molecule has 0 bridgehead atoms. The predicted molar refractivity (Wildman–Crippen MR) is 66.1 cm³/mol. The minimum Gasteiger partial charge on any atom is -0.465 e. The first-order chi connectivity index (χ1) is 8.58. The van der Waals surface area contributed by atoms with Gasteiger partial charge in [0.05, 0.1) is 0 Å². The Morgan fingerprint density at radius 2 is 2.06 bits per heavy atom. The van der Waals surface area contributed by atoms with Crippen LogP contribution in [0.15, 0.2) is 36.7 Å². The summed E-state index contributed by atoms with van der Waals surface area (Å²) in [7, 11) is 0. The van der Waals surface area contributed by atoms with E-state index in [1.54, 1.807) is 24.3 Å². The molecule has 0 saturated heterocycles. The molecule has 6 heteroatoms. The van der Waals surface area contributed by atoms with Crippen LogP contribution in [0.3, 0.4) is 0 Å². The fraction of sp³-hybridized carbons (Fsp3) is 0.167. The molecule has 1 aromatic rings. The average molecular weight is 267 g/mol. The van der Waals surface area contributed by atoms with Gasteiger partial charge in [0.15, 0.2) is 0 Å². The van der Waals surface area contributed by atoms with Crippen molar-refractivity contribution in [1.29, 1.82) is 0 Å². The molecular weight excluding hydrogens is 256 g/mol. The molecule has 2 N–H and O–H groups in total. The second kappa shape index (κ2) is 5.10. The third-order valence-corrected chi connectivity index (χ3v) is 2.91. The van der Waals surface area contributed by atoms with Crippen molar-refractivity contribution in [2.75, 3.05) is 0 Å². The first kappa shape index (κ1) is 12.4. The Hall–Kier alpha value is -2.01. The van der Waals surface area contributed by atoms with Crippen molar-refractivity contribution in [2.45, 2.75) is 12.5 Å². The van der Waals surface area contributed by atoms with Crippen molar-refractivity contribution >= 4 is 23.6 Å². The summed E-state index contributed by atoms with van der Waals surface area (Å²) in [6.45, 7) is 0. The Kier molecular flexibility index (Phi) is 3.53. The first-order valence-corrected chi connectivity index (χ1v) is 5.68. The zero-order valence-electron chi connectivity index (χ0n) is 9.34. The van der Waals surface area contributed by atoms with E-state index in [0.717, 1.165) is 10.5 Å². The van der Waals surface area contributed by atoms with Crippen molar-refractivity contribution in [2.24, 2.45) is 0 Å². The number of nitrogens with one attached hydrogen (secondary N) is 1. The molecule has 1 aliphatic heterocycles. The number of hydrogen-bond acceptors (Lipinski definition) is 2. The average Bonchev–Trinajstić information content (AvgIpc) is 2.34. The Morgan fingerprint density at radius 3 is 2.67 bits per heavy atom. The quantitative estimate of drug-likeness (QED) is 0.858. The number of hydrogen-bond donors (Lipinski definition) is 2. The maximum atomic E-state index is 11.7. The molecule has 0 saturated carbocycles. The van der Waals surface area contributed by atoms with Gasteiger partial charge in [0.25, 0.3) is 0 Å². The molecule has 0 radical (unpaired) electrons. The van der Waals surface area contributed by atoms with E-state index in [1.807, 2.05) is 0 Å². The highest BCUT2D eigenvalue weighted by atomic mass is 35.5. The lowest BCUT2D eigenvalue weighted by molar-refractivity contribution is -0.124. The number of carbonyl (C=O) groups excluding carboxylic acids is 1. The van der Waals surface area contributed by atoms with Gasteiger partial charge in [-0.25, -0.2) is 4.79 Å². The largest absolute Gasteiger partial charge is 0.465 e. The highest BCUT2D eigenvalue weighted by molar-refractivity contribution is 6.30. The van der Waals surface area contributed by atoms with E-state index in [4.69, 9.17) is 16.7 Å². The molecule has 1 aromatic carbocycles. The second-order valence-corrected chi connectivity index (χ2v) is 4.30. The lowest BCUT2D eigenvalue weighted by atomic mass is 10.0. The van der Waals surface area contributed by atoms with E-state index in [9.17, 15) is 9.59 Å². The van der Waals surface area contributed by atoms with Crippen LogP contribution >= 0.6 is 11.6 Å². The maximum absolute atomic E-state index is 11.7. The minimum absolute atomic E-state index is 0.305. The Labute approximate surface area is 109 Å². The normalized spacial score (nSPS) is 18.6. The van der Waals surface area contributed by atoms with Crippen LogP contribution in [0.4, 0.5) is 4.79 Å². The zero-order chi connectivity index (χ0) is 13.1. The first-order valence-electron chi connectivity index (χ1n) is 5.30. The van der Waals surface area contributed by atoms with Crippen LogP contribution in [0.25, 0.3) is 0 Å². The molecule has 0 unspecified atom stereocenters. The van der Waals surface area contributed by atoms with Crippen LogP contribution in [-0.2, 0) is 11.2 Å². The molecule has 2 rings (SSSR count). The second-order valence-electron chi connectivity index (χ2n) is 3.86. The number of halogens is 1. The summed E-state index contributed by atoms with van der Waals surface area (Å²) < 4.78 is 0. The van der Waals surface area contributed by atoms with Crippen molar-refractivity contribution in [1.82, 2.24) is 10.2 Å². The maximum Gasteiger partial charge on any atom is 0.412 e. The van der Waals surface area contributed by atoms with Crippen LogP contribution < -0.4 is 5.32 Å². The van der Waals surface area contributed by atoms with Crippen molar-refractivity contribution in [3.63, 3.8) is 0 Å². The molecule has 2 amide bonds. The van der Waals surface area contributed by atoms with Gasteiger partial charge in [-0.15, -0.1) is 0 Å². The minimum atomic E-state index is -1.15. The van der Waals surface area contributed by atoms with Gasteiger partial charge in [-0.05, 0) is 17.7 Å². The van der Waals surface area contributed by atoms with E-state index in [-0.39, 0.29) is 5.91 Å². The molecule has 94 valence electrons. The highest BCUT2D eigenvalue weighted by Gasteiger charge is 2.30. The van der Waals surface area contributed by atoms with Crippen LogP contribution in [0, 0.1) is 0 Å². The molecule has 0 fully saturated rings. The van der Waals surface area contributed by atoms with Crippen LogP contribution in [-0.4, -0.2) is 28.0 Å². The van der Waals surface area contributed by atoms with Crippen LogP contribution in [0.5, 0.6) is 0 Å². The third-order valence-electron chi connectivity index (χ3n) is 2.66. The predicted octanol–water partition coefficient (Wildman–Crippen LogP) is 1.83. The lowest BCUT2D eigenvalue weighted by Gasteiger charge is -2.28. The number of benzene rings is 1. The van der Waals surface area contributed by atoms with E-state index in [2.05, 4.69) is 5.32 Å². The number of rotatable bonds is 2. The number of carbonyl (C=O) groups is 2. The molecule has 18 heavy (non-hydrogen) atoms. The van der Waals surface area contributed by atoms with Gasteiger partial charge >= 0.3 is 6.09 Å². The van der Waals surface area contributed by atoms with Gasteiger partial charge in [0.1, 0.15) is 6.04 Å². The third kappa shape index (κ3) is 2.62. The molecule has 5 nitrogen and oxygen atoms in total. The van der Waals surface area contributed by atoms with E-state index in [1.165, 1.54) is 12.4 Å². The van der Waals surface area contributed by atoms with Crippen molar-refractivity contribution in [3.8, 4) is 0 Å². The van der Waals surface area contributed by atoms with E-state index < -0.39 is 12.1 Å². The van der Waals surface area contributed by atoms with Crippen molar-refractivity contribution in [3.05, 3.63) is 47.3 Å². The van der Waals surface area contributed by atoms with Crippen LogP contribution in [0.1, 0.15) is 5.56 Å². The van der Waals surface area contributed by atoms with Crippen LogP contribution in [0.2, 0.25) is 5.02 Å². The Morgan fingerprint density at radius 1 is 1.39 bits per heavy atom. The van der Waals surface area contributed by atoms with Crippen molar-refractivity contribution < 1.29 is 14.7 Å². The number of nitrogens with zero attached hydrogens (tertiary/aromatic N) is 1. The SMILES string of the molecule is O=C1NC=CN(C(=O)O)[C@H]1Cc1ccc(Cl)cc1. The smallest absolute Gasteiger partial charge is 0.412 e. The Bertz CT molecular complexity index is 499. The van der Waals surface area contributed by atoms with Gasteiger partial charge in [-0.2, -0.15) is 0 Å². The monoisotopic (exact) mass is 266 g/mol. The summed E-state index contributed by atoms with van der Waals surface area (Å²) in [5, 5.41) is 12.1. The fourth-order valence-corrected chi connectivity index (χ4v) is 1.88. The molecule has 1 atom stereocenters. The standard InChI is InChI=1S/C12H11ClN2O3/c13-9-3-1-8(2-4-9)7-10-11(16)14-5-6-15(10)12(17)18/h1-6,10H,7H2,(H,14,16)(H,17,18)/t10-/m0/s1. The summed E-state index contributed by atoms with van der Waals surface area (Å²) in [5.74, 6) is -0.338. The van der Waals surface area contributed by atoms with E-state index in [0.29, 0.717) is 11.4 Å². The van der Waals surface area contributed by atoms with Gasteiger partial charge < -0.3 is 10.4 Å². The van der Waals surface area contributed by atoms with Gasteiger partial charge in [0, 0.05) is 23.8 Å². The van der Waals surface area contributed by atoms with Gasteiger partial charge in [-0.1, -0.05) is 23.7 Å². The summed E-state index contributed by atoms with van der Waals surface area (Å²) in [4.78, 5) is 23.7. The summed E-state index contributed by atoms with van der Waals surface area (Å²) in [5.41, 5.74) is 0.848. The Balaban J connectivity index is 2.19. The molecular formula is C12H11ClN2O3. The highest BCUT2D eigenvalue weighted by Crippen LogP contribution is 2.15.